The first-order valence-corrected chi connectivity index (χ1v) is 6.35. The smallest absolute Gasteiger partial charge is 0.426 e. The molecule has 0 bridgehead atoms. The van der Waals surface area contributed by atoms with Gasteiger partial charge in [-0.25, -0.2) is 10.2 Å². The first-order chi connectivity index (χ1) is 9.90. The molecule has 0 radical (unpaired) electrons. The number of nitrogens with one attached hydrogen (secondary N) is 1. The van der Waals surface area contributed by atoms with E-state index in [-0.39, 0.29) is 5.56 Å². The highest BCUT2D eigenvalue weighted by molar-refractivity contribution is 5.95. The van der Waals surface area contributed by atoms with Crippen molar-refractivity contribution in [2.75, 3.05) is 7.05 Å². The van der Waals surface area contributed by atoms with Gasteiger partial charge in [-0.05, 0) is 39.0 Å². The van der Waals surface area contributed by atoms with Gasteiger partial charge in [0.25, 0.3) is 5.91 Å². The van der Waals surface area contributed by atoms with Gasteiger partial charge in [0.1, 0.15) is 5.60 Å². The Labute approximate surface area is 126 Å². The Kier molecular flexibility index (Phi) is 5.05. The predicted octanol–water partition coefficient (Wildman–Crippen LogP) is 3.22. The molecule has 122 valence electrons. The number of benzene rings is 1. The zero-order chi connectivity index (χ0) is 17.1. The van der Waals surface area contributed by atoms with Crippen LogP contribution in [0.4, 0.5) is 18.0 Å². The van der Waals surface area contributed by atoms with Crippen LogP contribution in [0, 0.1) is 0 Å². The van der Waals surface area contributed by atoms with E-state index in [4.69, 9.17) is 4.74 Å². The maximum absolute atomic E-state index is 12.6. The van der Waals surface area contributed by atoms with Gasteiger partial charge in [0.15, 0.2) is 0 Å². The number of hydrogen-bond donors (Lipinski definition) is 1. The van der Waals surface area contributed by atoms with Gasteiger partial charge < -0.3 is 4.74 Å². The van der Waals surface area contributed by atoms with Crippen molar-refractivity contribution < 1.29 is 27.5 Å². The van der Waals surface area contributed by atoms with E-state index < -0.39 is 29.3 Å². The second kappa shape index (κ2) is 6.25. The van der Waals surface area contributed by atoms with Crippen molar-refractivity contribution in [3.8, 4) is 0 Å². The largest absolute Gasteiger partial charge is 0.443 e. The van der Waals surface area contributed by atoms with Gasteiger partial charge in [0.2, 0.25) is 0 Å². The molecule has 0 saturated carbocycles. The second-order valence-electron chi connectivity index (χ2n) is 5.56. The number of alkyl halides is 3. The summed E-state index contributed by atoms with van der Waals surface area (Å²) >= 11 is 0. The number of carbonyl (C=O) groups excluding carboxylic acids is 2. The van der Waals surface area contributed by atoms with Crippen LogP contribution in [0.3, 0.4) is 0 Å². The highest BCUT2D eigenvalue weighted by Crippen LogP contribution is 2.29. The Balaban J connectivity index is 2.81. The van der Waals surface area contributed by atoms with Gasteiger partial charge in [-0.3, -0.25) is 9.80 Å². The molecule has 1 aromatic carbocycles. The molecule has 0 aliphatic heterocycles. The Morgan fingerprint density at radius 1 is 1.18 bits per heavy atom. The topological polar surface area (TPSA) is 58.6 Å². The van der Waals surface area contributed by atoms with Crippen LogP contribution in [0.25, 0.3) is 0 Å². The van der Waals surface area contributed by atoms with Gasteiger partial charge in [0.05, 0.1) is 5.56 Å². The fourth-order valence-corrected chi connectivity index (χ4v) is 1.51. The molecule has 0 atom stereocenters. The number of rotatable bonds is 1. The van der Waals surface area contributed by atoms with Crippen LogP contribution < -0.4 is 5.43 Å². The molecule has 1 aromatic rings. The van der Waals surface area contributed by atoms with Crippen LogP contribution in [-0.4, -0.2) is 29.7 Å². The van der Waals surface area contributed by atoms with E-state index in [0.717, 1.165) is 23.2 Å². The summed E-state index contributed by atoms with van der Waals surface area (Å²) < 4.78 is 42.8. The van der Waals surface area contributed by atoms with Crippen molar-refractivity contribution in [2.45, 2.75) is 32.5 Å². The average Bonchev–Trinajstić information content (AvgIpc) is 2.34. The van der Waals surface area contributed by atoms with Gasteiger partial charge >= 0.3 is 12.3 Å². The van der Waals surface area contributed by atoms with Gasteiger partial charge in [-0.15, -0.1) is 0 Å². The van der Waals surface area contributed by atoms with E-state index in [9.17, 15) is 22.8 Å². The summed E-state index contributed by atoms with van der Waals surface area (Å²) in [4.78, 5) is 23.5. The SMILES string of the molecule is CN(NC(=O)OC(C)(C)C)C(=O)c1cccc(C(F)(F)F)c1. The highest BCUT2D eigenvalue weighted by Gasteiger charge is 2.31. The molecule has 0 unspecified atom stereocenters. The predicted molar refractivity (Wildman–Crippen MR) is 72.9 cm³/mol. The lowest BCUT2D eigenvalue weighted by molar-refractivity contribution is -0.137. The first kappa shape index (κ1) is 17.8. The zero-order valence-corrected chi connectivity index (χ0v) is 12.6. The molecule has 8 heteroatoms. The number of carbonyl (C=O) groups is 2. The molecule has 1 rings (SSSR count). The average molecular weight is 318 g/mol. The van der Waals surface area contributed by atoms with E-state index in [1.807, 2.05) is 0 Å². The highest BCUT2D eigenvalue weighted by atomic mass is 19.4. The van der Waals surface area contributed by atoms with Crippen LogP contribution >= 0.6 is 0 Å². The van der Waals surface area contributed by atoms with Gasteiger partial charge in [0, 0.05) is 12.6 Å². The van der Waals surface area contributed by atoms with E-state index >= 15 is 0 Å². The maximum atomic E-state index is 12.6. The molecular formula is C14H17F3N2O3. The zero-order valence-electron chi connectivity index (χ0n) is 12.6. The first-order valence-electron chi connectivity index (χ1n) is 6.35. The summed E-state index contributed by atoms with van der Waals surface area (Å²) in [7, 11) is 1.21. The quantitative estimate of drug-likeness (QED) is 0.809. The lowest BCUT2D eigenvalue weighted by Crippen LogP contribution is -2.45. The molecule has 22 heavy (non-hydrogen) atoms. The number of amides is 2. The standard InChI is InChI=1S/C14H17F3N2O3/c1-13(2,3)22-12(21)18-19(4)11(20)9-6-5-7-10(8-9)14(15,16)17/h5-8H,1-4H3,(H,18,21). The summed E-state index contributed by atoms with van der Waals surface area (Å²) in [6.07, 6.45) is -5.43. The number of halogens is 3. The Morgan fingerprint density at radius 2 is 1.77 bits per heavy atom. The molecule has 0 fully saturated rings. The minimum atomic E-state index is -4.55. The van der Waals surface area contributed by atoms with Crippen LogP contribution in [0.2, 0.25) is 0 Å². The van der Waals surface area contributed by atoms with Crippen molar-refractivity contribution in [1.29, 1.82) is 0 Å². The van der Waals surface area contributed by atoms with E-state index in [0.29, 0.717) is 0 Å². The summed E-state index contributed by atoms with van der Waals surface area (Å²) in [5.74, 6) is -0.794. The third-order valence-corrected chi connectivity index (χ3v) is 2.40. The summed E-state index contributed by atoms with van der Waals surface area (Å²) in [6, 6.07) is 3.93. The Hall–Kier alpha value is -2.25. The maximum Gasteiger partial charge on any atom is 0.426 e. The molecular weight excluding hydrogens is 301 g/mol. The van der Waals surface area contributed by atoms with Gasteiger partial charge in [-0.1, -0.05) is 6.07 Å². The lowest BCUT2D eigenvalue weighted by Gasteiger charge is -2.23. The monoisotopic (exact) mass is 318 g/mol. The molecule has 5 nitrogen and oxygen atoms in total. The van der Waals surface area contributed by atoms with Gasteiger partial charge in [-0.2, -0.15) is 13.2 Å². The molecule has 0 aromatic heterocycles. The van der Waals surface area contributed by atoms with Crippen molar-refractivity contribution in [1.82, 2.24) is 10.4 Å². The summed E-state index contributed by atoms with van der Waals surface area (Å²) in [5.41, 5.74) is 0.233. The molecule has 0 saturated heterocycles. The normalized spacial score (nSPS) is 11.8. The fraction of sp³-hybridized carbons (Fsp3) is 0.429. The van der Waals surface area contributed by atoms with Crippen molar-refractivity contribution >= 4 is 12.0 Å². The van der Waals surface area contributed by atoms with E-state index in [1.165, 1.54) is 13.1 Å². The third kappa shape index (κ3) is 5.27. The Bertz CT molecular complexity index is 565. The number of hydrogen-bond acceptors (Lipinski definition) is 3. The summed E-state index contributed by atoms with van der Waals surface area (Å²) in [6.45, 7) is 4.92. The molecule has 2 amide bonds. The number of hydrazine groups is 1. The second-order valence-corrected chi connectivity index (χ2v) is 5.56. The van der Waals surface area contributed by atoms with Crippen LogP contribution in [-0.2, 0) is 10.9 Å². The molecule has 0 heterocycles. The third-order valence-electron chi connectivity index (χ3n) is 2.40. The minimum absolute atomic E-state index is 0.201. The lowest BCUT2D eigenvalue weighted by atomic mass is 10.1. The van der Waals surface area contributed by atoms with Crippen LogP contribution in [0.5, 0.6) is 0 Å². The molecule has 1 N–H and O–H groups in total. The van der Waals surface area contributed by atoms with E-state index in [1.54, 1.807) is 20.8 Å². The summed E-state index contributed by atoms with van der Waals surface area (Å²) in [5, 5.41) is 0.767. The molecule has 0 spiro atoms. The van der Waals surface area contributed by atoms with Crippen molar-refractivity contribution in [3.05, 3.63) is 35.4 Å². The van der Waals surface area contributed by atoms with Crippen molar-refractivity contribution in [2.24, 2.45) is 0 Å². The number of ether oxygens (including phenoxy) is 1. The fourth-order valence-electron chi connectivity index (χ4n) is 1.51. The van der Waals surface area contributed by atoms with Crippen LogP contribution in [0.1, 0.15) is 36.7 Å². The van der Waals surface area contributed by atoms with Crippen molar-refractivity contribution in [3.63, 3.8) is 0 Å². The van der Waals surface area contributed by atoms with E-state index in [2.05, 4.69) is 5.43 Å². The minimum Gasteiger partial charge on any atom is -0.443 e. The Morgan fingerprint density at radius 3 is 2.27 bits per heavy atom. The number of nitrogens with zero attached hydrogens (tertiary/aromatic N) is 1. The van der Waals surface area contributed by atoms with Crippen LogP contribution in [0.15, 0.2) is 24.3 Å². The molecule has 0 aliphatic rings. The molecule has 0 aliphatic carbocycles.